The van der Waals surface area contributed by atoms with Crippen molar-refractivity contribution < 1.29 is 19.3 Å². The Morgan fingerprint density at radius 2 is 1.76 bits per heavy atom. The van der Waals surface area contributed by atoms with Crippen molar-refractivity contribution in [2.75, 3.05) is 33.0 Å². The Bertz CT molecular complexity index is 604. The summed E-state index contributed by atoms with van der Waals surface area (Å²) in [7, 11) is 0. The van der Waals surface area contributed by atoms with Crippen molar-refractivity contribution in [2.45, 2.75) is 20.1 Å². The molecular weight excluding hydrogens is 318 g/mol. The monoisotopic (exact) mass is 345 g/mol. The number of aliphatic hydroxyl groups excluding tert-OH is 1. The Morgan fingerprint density at radius 3 is 2.52 bits per heavy atom. The fraction of sp³-hybridized carbons (Fsp3) is 0.400. The topological polar surface area (TPSA) is 60.0 Å². The van der Waals surface area contributed by atoms with Crippen LogP contribution >= 0.6 is 0 Å². The van der Waals surface area contributed by atoms with Gasteiger partial charge in [0.1, 0.15) is 6.61 Å². The second kappa shape index (κ2) is 11.5. The van der Waals surface area contributed by atoms with Crippen LogP contribution in [0.1, 0.15) is 18.1 Å². The molecule has 0 saturated carbocycles. The third-order valence-electron chi connectivity index (χ3n) is 3.53. The van der Waals surface area contributed by atoms with Crippen LogP contribution in [0.2, 0.25) is 0 Å². The highest BCUT2D eigenvalue weighted by Crippen LogP contribution is 2.29. The van der Waals surface area contributed by atoms with Gasteiger partial charge >= 0.3 is 0 Å². The van der Waals surface area contributed by atoms with Crippen LogP contribution in [0.15, 0.2) is 48.5 Å². The Hall–Kier alpha value is -2.08. The molecule has 0 amide bonds. The van der Waals surface area contributed by atoms with Crippen molar-refractivity contribution in [1.82, 2.24) is 5.32 Å². The molecule has 0 fully saturated rings. The van der Waals surface area contributed by atoms with E-state index in [1.807, 2.05) is 55.5 Å². The summed E-state index contributed by atoms with van der Waals surface area (Å²) >= 11 is 0. The van der Waals surface area contributed by atoms with Gasteiger partial charge < -0.3 is 24.6 Å². The van der Waals surface area contributed by atoms with E-state index in [2.05, 4.69) is 5.32 Å². The van der Waals surface area contributed by atoms with Crippen molar-refractivity contribution in [3.63, 3.8) is 0 Å². The molecule has 0 heterocycles. The molecule has 0 radical (unpaired) electrons. The molecule has 0 aromatic heterocycles. The van der Waals surface area contributed by atoms with E-state index in [4.69, 9.17) is 19.3 Å². The van der Waals surface area contributed by atoms with Gasteiger partial charge in [-0.1, -0.05) is 36.4 Å². The fourth-order valence-corrected chi connectivity index (χ4v) is 2.33. The van der Waals surface area contributed by atoms with Gasteiger partial charge in [0.05, 0.1) is 26.4 Å². The quantitative estimate of drug-likeness (QED) is 0.579. The highest BCUT2D eigenvalue weighted by molar-refractivity contribution is 5.43. The van der Waals surface area contributed by atoms with Crippen molar-refractivity contribution in [1.29, 1.82) is 0 Å². The lowest BCUT2D eigenvalue weighted by Gasteiger charge is -2.14. The summed E-state index contributed by atoms with van der Waals surface area (Å²) in [5.41, 5.74) is 2.25. The van der Waals surface area contributed by atoms with Crippen LogP contribution in [0, 0.1) is 0 Å². The van der Waals surface area contributed by atoms with Gasteiger partial charge in [0.25, 0.3) is 0 Å². The molecule has 0 unspecified atom stereocenters. The van der Waals surface area contributed by atoms with Crippen LogP contribution in [-0.2, 0) is 17.9 Å². The first-order valence-corrected chi connectivity index (χ1v) is 8.65. The second-order valence-corrected chi connectivity index (χ2v) is 5.50. The van der Waals surface area contributed by atoms with E-state index in [0.29, 0.717) is 26.4 Å². The Balaban J connectivity index is 1.87. The van der Waals surface area contributed by atoms with Gasteiger partial charge in [0.15, 0.2) is 11.5 Å². The summed E-state index contributed by atoms with van der Waals surface area (Å²) in [5, 5.41) is 12.0. The van der Waals surface area contributed by atoms with Crippen LogP contribution in [0.3, 0.4) is 0 Å². The Kier molecular flexibility index (Phi) is 8.83. The molecule has 2 N–H and O–H groups in total. The minimum atomic E-state index is 0.0577. The van der Waals surface area contributed by atoms with E-state index in [1.165, 1.54) is 0 Å². The van der Waals surface area contributed by atoms with E-state index < -0.39 is 0 Å². The van der Waals surface area contributed by atoms with Crippen molar-refractivity contribution in [3.05, 3.63) is 59.7 Å². The maximum Gasteiger partial charge on any atom is 0.161 e. The lowest BCUT2D eigenvalue weighted by molar-refractivity contribution is 0.0938. The fourth-order valence-electron chi connectivity index (χ4n) is 2.33. The predicted molar refractivity (Wildman–Crippen MR) is 98.0 cm³/mol. The first-order valence-electron chi connectivity index (χ1n) is 8.65. The van der Waals surface area contributed by atoms with Gasteiger partial charge in [-0.2, -0.15) is 0 Å². The molecule has 25 heavy (non-hydrogen) atoms. The molecular formula is C20H27NO4. The number of hydrogen-bond donors (Lipinski definition) is 2. The van der Waals surface area contributed by atoms with E-state index in [1.54, 1.807) is 0 Å². The van der Waals surface area contributed by atoms with Crippen LogP contribution < -0.4 is 14.8 Å². The smallest absolute Gasteiger partial charge is 0.161 e. The molecule has 2 aromatic carbocycles. The van der Waals surface area contributed by atoms with Crippen LogP contribution in [0.5, 0.6) is 11.5 Å². The van der Waals surface area contributed by atoms with Crippen molar-refractivity contribution >= 4 is 0 Å². The second-order valence-electron chi connectivity index (χ2n) is 5.50. The van der Waals surface area contributed by atoms with Gasteiger partial charge in [0, 0.05) is 13.1 Å². The molecule has 5 nitrogen and oxygen atoms in total. The lowest BCUT2D eigenvalue weighted by atomic mass is 10.2. The molecule has 0 aliphatic carbocycles. The molecule has 2 aromatic rings. The summed E-state index contributed by atoms with van der Waals surface area (Å²) in [6, 6.07) is 16.1. The van der Waals surface area contributed by atoms with Gasteiger partial charge in [-0.25, -0.2) is 0 Å². The molecule has 0 saturated heterocycles. The zero-order chi connectivity index (χ0) is 17.7. The third-order valence-corrected chi connectivity index (χ3v) is 3.53. The molecule has 5 heteroatoms. The molecule has 0 spiro atoms. The van der Waals surface area contributed by atoms with Gasteiger partial charge in [-0.15, -0.1) is 0 Å². The average molecular weight is 345 g/mol. The van der Waals surface area contributed by atoms with Crippen molar-refractivity contribution in [3.8, 4) is 11.5 Å². The summed E-state index contributed by atoms with van der Waals surface area (Å²) < 4.78 is 16.9. The van der Waals surface area contributed by atoms with Gasteiger partial charge in [0.2, 0.25) is 0 Å². The van der Waals surface area contributed by atoms with E-state index in [-0.39, 0.29) is 6.61 Å². The Morgan fingerprint density at radius 1 is 0.920 bits per heavy atom. The molecule has 0 atom stereocenters. The minimum Gasteiger partial charge on any atom is -0.490 e. The minimum absolute atomic E-state index is 0.0577. The number of nitrogens with one attached hydrogen (secondary N) is 1. The lowest BCUT2D eigenvalue weighted by Crippen LogP contribution is -2.20. The van der Waals surface area contributed by atoms with E-state index in [9.17, 15) is 0 Å². The maximum absolute atomic E-state index is 8.65. The standard InChI is InChI=1S/C20H27NO4/c1-2-24-20-14-18(15-21-10-12-23-13-11-22)8-9-19(20)25-16-17-6-4-3-5-7-17/h3-9,14,21-22H,2,10-13,15-16H2,1H3. The zero-order valence-electron chi connectivity index (χ0n) is 14.7. The maximum atomic E-state index is 8.65. The van der Waals surface area contributed by atoms with Gasteiger partial charge in [-0.3, -0.25) is 0 Å². The van der Waals surface area contributed by atoms with E-state index >= 15 is 0 Å². The zero-order valence-corrected chi connectivity index (χ0v) is 14.7. The van der Waals surface area contributed by atoms with Crippen LogP contribution in [-0.4, -0.2) is 38.1 Å². The first kappa shape index (κ1) is 19.2. The predicted octanol–water partition coefficient (Wildman–Crippen LogP) is 2.76. The number of benzene rings is 2. The van der Waals surface area contributed by atoms with E-state index in [0.717, 1.165) is 35.7 Å². The first-order chi connectivity index (χ1) is 12.3. The molecule has 2 rings (SSSR count). The van der Waals surface area contributed by atoms with Gasteiger partial charge in [-0.05, 0) is 30.2 Å². The highest BCUT2D eigenvalue weighted by Gasteiger charge is 2.07. The van der Waals surface area contributed by atoms with Crippen LogP contribution in [0.4, 0.5) is 0 Å². The highest BCUT2D eigenvalue weighted by atomic mass is 16.5. The largest absolute Gasteiger partial charge is 0.490 e. The number of hydrogen-bond acceptors (Lipinski definition) is 5. The summed E-state index contributed by atoms with van der Waals surface area (Å²) in [4.78, 5) is 0. The molecule has 136 valence electrons. The molecule has 0 aliphatic heterocycles. The normalized spacial score (nSPS) is 10.6. The third kappa shape index (κ3) is 7.13. The summed E-state index contributed by atoms with van der Waals surface area (Å²) in [5.74, 6) is 1.51. The van der Waals surface area contributed by atoms with Crippen molar-refractivity contribution in [2.24, 2.45) is 0 Å². The SMILES string of the molecule is CCOc1cc(CNCCOCCO)ccc1OCc1ccccc1. The summed E-state index contributed by atoms with van der Waals surface area (Å²) in [6.45, 7) is 5.54. The Labute approximate surface area is 149 Å². The number of rotatable bonds is 12. The molecule has 0 bridgehead atoms. The average Bonchev–Trinajstić information content (AvgIpc) is 2.65. The van der Waals surface area contributed by atoms with Crippen LogP contribution in [0.25, 0.3) is 0 Å². The number of ether oxygens (including phenoxy) is 3. The molecule has 0 aliphatic rings. The summed E-state index contributed by atoms with van der Waals surface area (Å²) in [6.07, 6.45) is 0. The number of aliphatic hydroxyl groups is 1.